The third kappa shape index (κ3) is 3.68. The molecule has 0 saturated heterocycles. The number of aryl methyl sites for hydroxylation is 1. The van der Waals surface area contributed by atoms with E-state index in [2.05, 4.69) is 10.3 Å². The van der Waals surface area contributed by atoms with Crippen LogP contribution in [-0.4, -0.2) is 17.2 Å². The number of aromatic nitrogens is 1. The second kappa shape index (κ2) is 5.57. The van der Waals surface area contributed by atoms with E-state index in [1.165, 1.54) is 0 Å². The topological polar surface area (TPSA) is 24.9 Å². The van der Waals surface area contributed by atoms with Gasteiger partial charge in [0.2, 0.25) is 0 Å². The Morgan fingerprint density at radius 3 is 2.50 bits per heavy atom. The molecule has 0 spiro atoms. The maximum absolute atomic E-state index is 12.5. The van der Waals surface area contributed by atoms with Crippen molar-refractivity contribution in [3.05, 3.63) is 16.1 Å². The molecule has 1 N–H and O–H groups in total. The van der Waals surface area contributed by atoms with E-state index in [9.17, 15) is 13.2 Å². The lowest BCUT2D eigenvalue weighted by molar-refractivity contribution is -0.182. The van der Waals surface area contributed by atoms with E-state index >= 15 is 0 Å². The molecule has 1 aliphatic rings. The molecule has 0 bridgehead atoms. The Balaban J connectivity index is 1.74. The van der Waals surface area contributed by atoms with Crippen LogP contribution in [0.2, 0.25) is 0 Å². The van der Waals surface area contributed by atoms with Crippen molar-refractivity contribution in [3.8, 4) is 0 Å². The molecular weight excluding hydrogens is 261 g/mol. The summed E-state index contributed by atoms with van der Waals surface area (Å²) in [5, 5.41) is 6.31. The molecular formula is C12H17F3N2S. The molecule has 1 aromatic heterocycles. The lowest BCUT2D eigenvalue weighted by Crippen LogP contribution is -2.36. The number of halogens is 3. The van der Waals surface area contributed by atoms with Gasteiger partial charge in [-0.3, -0.25) is 0 Å². The predicted molar refractivity (Wildman–Crippen MR) is 65.5 cm³/mol. The monoisotopic (exact) mass is 278 g/mol. The van der Waals surface area contributed by atoms with Crippen LogP contribution in [0.15, 0.2) is 5.38 Å². The minimum Gasteiger partial charge on any atom is -0.308 e. The van der Waals surface area contributed by atoms with Crippen molar-refractivity contribution in [3.63, 3.8) is 0 Å². The van der Waals surface area contributed by atoms with Gasteiger partial charge in [0.15, 0.2) is 0 Å². The largest absolute Gasteiger partial charge is 0.391 e. The van der Waals surface area contributed by atoms with Crippen molar-refractivity contribution in [2.24, 2.45) is 5.92 Å². The van der Waals surface area contributed by atoms with Crippen molar-refractivity contribution in [2.75, 3.05) is 0 Å². The smallest absolute Gasteiger partial charge is 0.308 e. The molecule has 2 rings (SSSR count). The van der Waals surface area contributed by atoms with Gasteiger partial charge in [-0.15, -0.1) is 11.3 Å². The molecule has 1 fully saturated rings. The summed E-state index contributed by atoms with van der Waals surface area (Å²) in [6.07, 6.45) is -2.31. The summed E-state index contributed by atoms with van der Waals surface area (Å²) >= 11 is 1.59. The SMILES string of the molecule is Cc1nc(CNC2CCC(C(F)(F)F)CC2)cs1. The zero-order valence-corrected chi connectivity index (χ0v) is 11.1. The Hall–Kier alpha value is -0.620. The molecule has 6 heteroatoms. The molecule has 0 radical (unpaired) electrons. The van der Waals surface area contributed by atoms with Gasteiger partial charge in [-0.05, 0) is 32.6 Å². The number of hydrogen-bond donors (Lipinski definition) is 1. The fourth-order valence-electron chi connectivity index (χ4n) is 2.36. The molecule has 1 aliphatic carbocycles. The number of nitrogens with one attached hydrogen (secondary N) is 1. The van der Waals surface area contributed by atoms with E-state index in [4.69, 9.17) is 0 Å². The van der Waals surface area contributed by atoms with Gasteiger partial charge in [0.1, 0.15) is 0 Å². The average Bonchev–Trinajstić information content (AvgIpc) is 2.72. The van der Waals surface area contributed by atoms with Crippen LogP contribution < -0.4 is 5.32 Å². The van der Waals surface area contributed by atoms with Crippen LogP contribution in [0.5, 0.6) is 0 Å². The molecule has 0 aromatic carbocycles. The van der Waals surface area contributed by atoms with Crippen molar-refractivity contribution in [1.82, 2.24) is 10.3 Å². The minimum absolute atomic E-state index is 0.200. The molecule has 1 heterocycles. The summed E-state index contributed by atoms with van der Waals surface area (Å²) in [5.74, 6) is -1.10. The highest BCUT2D eigenvalue weighted by atomic mass is 32.1. The van der Waals surface area contributed by atoms with Crippen molar-refractivity contribution in [2.45, 2.75) is 51.4 Å². The molecule has 0 unspecified atom stereocenters. The fraction of sp³-hybridized carbons (Fsp3) is 0.750. The lowest BCUT2D eigenvalue weighted by Gasteiger charge is -2.30. The quantitative estimate of drug-likeness (QED) is 0.912. The number of alkyl halides is 3. The highest BCUT2D eigenvalue weighted by Gasteiger charge is 2.41. The van der Waals surface area contributed by atoms with E-state index < -0.39 is 12.1 Å². The second-order valence-electron chi connectivity index (χ2n) is 4.83. The minimum atomic E-state index is -4.02. The van der Waals surface area contributed by atoms with Gasteiger partial charge in [-0.2, -0.15) is 13.2 Å². The summed E-state index contributed by atoms with van der Waals surface area (Å²) in [7, 11) is 0. The lowest BCUT2D eigenvalue weighted by atomic mass is 9.85. The summed E-state index contributed by atoms with van der Waals surface area (Å²) in [4.78, 5) is 4.33. The molecule has 0 aliphatic heterocycles. The van der Waals surface area contributed by atoms with Crippen LogP contribution in [0.25, 0.3) is 0 Å². The van der Waals surface area contributed by atoms with Gasteiger partial charge >= 0.3 is 6.18 Å². The van der Waals surface area contributed by atoms with Gasteiger partial charge in [0.05, 0.1) is 16.6 Å². The standard InChI is InChI=1S/C12H17F3N2S/c1-8-17-11(7-18-8)6-16-10-4-2-9(3-5-10)12(13,14)15/h7,9-10,16H,2-6H2,1H3. The van der Waals surface area contributed by atoms with Crippen molar-refractivity contribution < 1.29 is 13.2 Å². The Morgan fingerprint density at radius 1 is 1.33 bits per heavy atom. The van der Waals surface area contributed by atoms with E-state index in [1.807, 2.05) is 12.3 Å². The molecule has 2 nitrogen and oxygen atoms in total. The van der Waals surface area contributed by atoms with E-state index in [1.54, 1.807) is 11.3 Å². The average molecular weight is 278 g/mol. The highest BCUT2D eigenvalue weighted by Crippen LogP contribution is 2.37. The molecule has 1 saturated carbocycles. The number of nitrogens with zero attached hydrogens (tertiary/aromatic N) is 1. The van der Waals surface area contributed by atoms with Crippen LogP contribution in [0.4, 0.5) is 13.2 Å². The van der Waals surface area contributed by atoms with Gasteiger partial charge in [0, 0.05) is 18.0 Å². The van der Waals surface area contributed by atoms with Gasteiger partial charge < -0.3 is 5.32 Å². The summed E-state index contributed by atoms with van der Waals surface area (Å²) in [6, 6.07) is 0.200. The first-order chi connectivity index (χ1) is 8.45. The Morgan fingerprint density at radius 2 is 2.00 bits per heavy atom. The van der Waals surface area contributed by atoms with Gasteiger partial charge in [0.25, 0.3) is 0 Å². The third-order valence-electron chi connectivity index (χ3n) is 3.43. The third-order valence-corrected chi connectivity index (χ3v) is 4.25. The zero-order valence-electron chi connectivity index (χ0n) is 10.3. The number of thiazole rings is 1. The normalized spacial score (nSPS) is 25.3. The molecule has 0 amide bonds. The Labute approximate surface area is 109 Å². The molecule has 1 aromatic rings. The van der Waals surface area contributed by atoms with E-state index in [0.29, 0.717) is 19.4 Å². The first-order valence-electron chi connectivity index (χ1n) is 6.16. The predicted octanol–water partition coefficient (Wildman–Crippen LogP) is 3.66. The second-order valence-corrected chi connectivity index (χ2v) is 5.89. The Kier molecular flexibility index (Phi) is 4.27. The molecule has 18 heavy (non-hydrogen) atoms. The maximum Gasteiger partial charge on any atom is 0.391 e. The van der Waals surface area contributed by atoms with Gasteiger partial charge in [-0.25, -0.2) is 4.98 Å². The van der Waals surface area contributed by atoms with E-state index in [0.717, 1.165) is 10.7 Å². The van der Waals surface area contributed by atoms with Crippen LogP contribution in [0.3, 0.4) is 0 Å². The number of rotatable bonds is 3. The van der Waals surface area contributed by atoms with Crippen LogP contribution in [0.1, 0.15) is 36.4 Å². The van der Waals surface area contributed by atoms with Crippen LogP contribution in [-0.2, 0) is 6.54 Å². The zero-order chi connectivity index (χ0) is 13.2. The van der Waals surface area contributed by atoms with Crippen LogP contribution in [0, 0.1) is 12.8 Å². The maximum atomic E-state index is 12.5. The molecule has 102 valence electrons. The first kappa shape index (κ1) is 13.8. The summed E-state index contributed by atoms with van der Waals surface area (Å²) in [6.45, 7) is 2.61. The van der Waals surface area contributed by atoms with Crippen molar-refractivity contribution >= 4 is 11.3 Å². The van der Waals surface area contributed by atoms with E-state index in [-0.39, 0.29) is 18.9 Å². The summed E-state index contributed by atoms with van der Waals surface area (Å²) in [5.41, 5.74) is 0.982. The molecule has 0 atom stereocenters. The van der Waals surface area contributed by atoms with Crippen molar-refractivity contribution in [1.29, 1.82) is 0 Å². The first-order valence-corrected chi connectivity index (χ1v) is 7.04. The fourth-order valence-corrected chi connectivity index (χ4v) is 2.98. The highest BCUT2D eigenvalue weighted by molar-refractivity contribution is 7.09. The number of hydrogen-bond acceptors (Lipinski definition) is 3. The summed E-state index contributed by atoms with van der Waals surface area (Å²) < 4.78 is 37.5. The van der Waals surface area contributed by atoms with Crippen LogP contribution >= 0.6 is 11.3 Å². The Bertz CT molecular complexity index is 381. The van der Waals surface area contributed by atoms with Gasteiger partial charge in [-0.1, -0.05) is 0 Å².